The molecular formula is C11H7ClO3. The Morgan fingerprint density at radius 3 is 2.67 bits per heavy atom. The molecule has 1 aromatic rings. The molecule has 0 aromatic heterocycles. The van der Waals surface area contributed by atoms with Gasteiger partial charge in [-0.2, -0.15) is 0 Å². The van der Waals surface area contributed by atoms with Crippen LogP contribution in [0.3, 0.4) is 0 Å². The van der Waals surface area contributed by atoms with Gasteiger partial charge in [-0.05, 0) is 17.7 Å². The Kier molecular flexibility index (Phi) is 2.56. The summed E-state index contributed by atoms with van der Waals surface area (Å²) in [5.41, 5.74) is 1.46. The van der Waals surface area contributed by atoms with E-state index in [1.165, 1.54) is 0 Å². The lowest BCUT2D eigenvalue weighted by atomic mass is 10.1. The number of allylic oxidation sites excluding steroid dienone is 1. The van der Waals surface area contributed by atoms with E-state index in [2.05, 4.69) is 4.74 Å². The number of alkyl halides is 1. The third-order valence-electron chi connectivity index (χ3n) is 2.07. The molecule has 0 bridgehead atoms. The highest BCUT2D eigenvalue weighted by Gasteiger charge is 2.29. The standard InChI is InChI=1S/C11H7ClO3/c12-5-1-2-7-3-4-8-9(6-7)11(14)15-10(8)13/h1-4,6H,5H2. The van der Waals surface area contributed by atoms with Crippen molar-refractivity contribution in [1.82, 2.24) is 0 Å². The van der Waals surface area contributed by atoms with Gasteiger partial charge in [0.1, 0.15) is 0 Å². The molecule has 2 rings (SSSR count). The first-order valence-electron chi connectivity index (χ1n) is 4.35. The van der Waals surface area contributed by atoms with Crippen molar-refractivity contribution in [2.24, 2.45) is 0 Å². The Morgan fingerprint density at radius 1 is 1.20 bits per heavy atom. The van der Waals surface area contributed by atoms with E-state index in [0.717, 1.165) is 5.56 Å². The summed E-state index contributed by atoms with van der Waals surface area (Å²) in [6.07, 6.45) is 3.54. The largest absolute Gasteiger partial charge is 0.386 e. The number of hydrogen-bond acceptors (Lipinski definition) is 3. The Hall–Kier alpha value is -1.61. The molecule has 0 amide bonds. The Bertz CT molecular complexity index is 463. The second-order valence-corrected chi connectivity index (χ2v) is 3.35. The number of carbonyl (C=O) groups excluding carboxylic acids is 2. The predicted molar refractivity (Wildman–Crippen MR) is 55.9 cm³/mol. The molecule has 0 unspecified atom stereocenters. The molecule has 0 saturated carbocycles. The van der Waals surface area contributed by atoms with Crippen LogP contribution in [0.4, 0.5) is 0 Å². The molecule has 0 aliphatic carbocycles. The Labute approximate surface area is 91.3 Å². The number of ether oxygens (including phenoxy) is 1. The van der Waals surface area contributed by atoms with E-state index in [0.29, 0.717) is 17.0 Å². The van der Waals surface area contributed by atoms with Crippen molar-refractivity contribution < 1.29 is 14.3 Å². The van der Waals surface area contributed by atoms with Crippen LogP contribution in [-0.4, -0.2) is 17.8 Å². The quantitative estimate of drug-likeness (QED) is 0.438. The summed E-state index contributed by atoms with van der Waals surface area (Å²) in [5.74, 6) is -0.764. The average Bonchev–Trinajstić information content (AvgIpc) is 2.52. The van der Waals surface area contributed by atoms with E-state index < -0.39 is 11.9 Å². The van der Waals surface area contributed by atoms with E-state index in [9.17, 15) is 9.59 Å². The van der Waals surface area contributed by atoms with Crippen molar-refractivity contribution in [3.05, 3.63) is 41.0 Å². The van der Waals surface area contributed by atoms with Crippen molar-refractivity contribution in [3.63, 3.8) is 0 Å². The van der Waals surface area contributed by atoms with E-state index in [-0.39, 0.29) is 0 Å². The molecule has 76 valence electrons. The maximum atomic E-state index is 11.2. The van der Waals surface area contributed by atoms with Crippen LogP contribution < -0.4 is 0 Å². The second-order valence-electron chi connectivity index (χ2n) is 3.04. The van der Waals surface area contributed by atoms with Gasteiger partial charge in [0.2, 0.25) is 0 Å². The van der Waals surface area contributed by atoms with Crippen LogP contribution in [0.25, 0.3) is 6.08 Å². The van der Waals surface area contributed by atoms with Crippen molar-refractivity contribution in [2.45, 2.75) is 0 Å². The van der Waals surface area contributed by atoms with Gasteiger partial charge < -0.3 is 4.74 Å². The molecule has 0 atom stereocenters. The first-order valence-corrected chi connectivity index (χ1v) is 4.89. The molecule has 0 N–H and O–H groups in total. The summed E-state index contributed by atoms with van der Waals surface area (Å²) >= 11 is 5.49. The lowest BCUT2D eigenvalue weighted by Gasteiger charge is -1.95. The fourth-order valence-corrected chi connectivity index (χ4v) is 1.48. The second kappa shape index (κ2) is 3.87. The summed E-state index contributed by atoms with van der Waals surface area (Å²) in [7, 11) is 0. The fraction of sp³-hybridized carbons (Fsp3) is 0.0909. The van der Waals surface area contributed by atoms with Crippen molar-refractivity contribution in [3.8, 4) is 0 Å². The smallest absolute Gasteiger partial charge is 0.346 e. The molecular weight excluding hydrogens is 216 g/mol. The van der Waals surface area contributed by atoms with Gasteiger partial charge in [0, 0.05) is 5.88 Å². The molecule has 1 aromatic carbocycles. The Morgan fingerprint density at radius 2 is 1.93 bits per heavy atom. The zero-order valence-electron chi connectivity index (χ0n) is 7.70. The minimum atomic E-state index is -0.587. The SMILES string of the molecule is O=C1OC(=O)c2cc(C=CCCl)ccc21. The summed E-state index contributed by atoms with van der Waals surface area (Å²) in [4.78, 5) is 22.3. The number of fused-ring (bicyclic) bond motifs is 1. The summed E-state index contributed by atoms with van der Waals surface area (Å²) < 4.78 is 4.46. The van der Waals surface area contributed by atoms with Crippen LogP contribution in [0.1, 0.15) is 26.3 Å². The normalized spacial score (nSPS) is 14.5. The molecule has 0 spiro atoms. The highest BCUT2D eigenvalue weighted by atomic mass is 35.5. The van der Waals surface area contributed by atoms with Gasteiger partial charge in [-0.15, -0.1) is 11.6 Å². The van der Waals surface area contributed by atoms with Crippen molar-refractivity contribution in [2.75, 3.05) is 5.88 Å². The molecule has 3 nitrogen and oxygen atoms in total. The topological polar surface area (TPSA) is 43.4 Å². The van der Waals surface area contributed by atoms with Gasteiger partial charge in [-0.3, -0.25) is 0 Å². The summed E-state index contributed by atoms with van der Waals surface area (Å²) in [6, 6.07) is 4.93. The zero-order valence-corrected chi connectivity index (χ0v) is 8.45. The van der Waals surface area contributed by atoms with E-state index in [1.807, 2.05) is 0 Å². The third-order valence-corrected chi connectivity index (χ3v) is 2.25. The van der Waals surface area contributed by atoms with Crippen LogP contribution in [0.15, 0.2) is 24.3 Å². The average molecular weight is 223 g/mol. The van der Waals surface area contributed by atoms with Gasteiger partial charge in [-0.1, -0.05) is 18.2 Å². The summed E-state index contributed by atoms with van der Waals surface area (Å²) in [5, 5.41) is 0. The highest BCUT2D eigenvalue weighted by Crippen LogP contribution is 2.21. The van der Waals surface area contributed by atoms with Gasteiger partial charge in [0.15, 0.2) is 0 Å². The number of cyclic esters (lactones) is 2. The maximum absolute atomic E-state index is 11.2. The van der Waals surface area contributed by atoms with Crippen LogP contribution >= 0.6 is 11.6 Å². The van der Waals surface area contributed by atoms with Gasteiger partial charge >= 0.3 is 11.9 Å². The number of benzene rings is 1. The molecule has 0 fully saturated rings. The van der Waals surface area contributed by atoms with Crippen molar-refractivity contribution >= 4 is 29.6 Å². The molecule has 4 heteroatoms. The molecule has 0 saturated heterocycles. The highest BCUT2D eigenvalue weighted by molar-refractivity contribution is 6.19. The van der Waals surface area contributed by atoms with Gasteiger partial charge in [0.25, 0.3) is 0 Å². The van der Waals surface area contributed by atoms with Crippen LogP contribution in [0, 0.1) is 0 Å². The number of rotatable bonds is 2. The molecule has 1 aliphatic heterocycles. The van der Waals surface area contributed by atoms with E-state index in [1.54, 1.807) is 30.4 Å². The van der Waals surface area contributed by atoms with Crippen LogP contribution in [0.5, 0.6) is 0 Å². The minimum Gasteiger partial charge on any atom is -0.386 e. The lowest BCUT2D eigenvalue weighted by molar-refractivity contribution is 0.0444. The minimum absolute atomic E-state index is 0.316. The predicted octanol–water partition coefficient (Wildman–Crippen LogP) is 2.25. The number of esters is 2. The first kappa shape index (κ1) is 9.93. The molecule has 1 heterocycles. The molecule has 0 radical (unpaired) electrons. The van der Waals surface area contributed by atoms with Gasteiger partial charge in [-0.25, -0.2) is 9.59 Å². The maximum Gasteiger partial charge on any atom is 0.346 e. The number of halogens is 1. The van der Waals surface area contributed by atoms with Crippen molar-refractivity contribution in [1.29, 1.82) is 0 Å². The molecule has 15 heavy (non-hydrogen) atoms. The van der Waals surface area contributed by atoms with E-state index >= 15 is 0 Å². The first-order chi connectivity index (χ1) is 7.22. The number of hydrogen-bond donors (Lipinski definition) is 0. The Balaban J connectivity index is 2.43. The monoisotopic (exact) mass is 222 g/mol. The van der Waals surface area contributed by atoms with E-state index in [4.69, 9.17) is 11.6 Å². The van der Waals surface area contributed by atoms with Crippen LogP contribution in [0.2, 0.25) is 0 Å². The lowest BCUT2D eigenvalue weighted by Crippen LogP contribution is -1.96. The van der Waals surface area contributed by atoms with Gasteiger partial charge in [0.05, 0.1) is 11.1 Å². The van der Waals surface area contributed by atoms with Crippen LogP contribution in [-0.2, 0) is 4.74 Å². The fourth-order valence-electron chi connectivity index (χ4n) is 1.39. The summed E-state index contributed by atoms with van der Waals surface area (Å²) in [6.45, 7) is 0. The molecule has 1 aliphatic rings. The number of carbonyl (C=O) groups is 2. The third kappa shape index (κ3) is 1.78. The zero-order chi connectivity index (χ0) is 10.8.